The molecule has 1 heterocycles. The highest BCUT2D eigenvalue weighted by atomic mass is 16.5. The van der Waals surface area contributed by atoms with Crippen LogP contribution in [-0.4, -0.2) is 37.1 Å². The van der Waals surface area contributed by atoms with E-state index < -0.39 is 0 Å². The minimum Gasteiger partial charge on any atom is -0.383 e. The van der Waals surface area contributed by atoms with Gasteiger partial charge in [-0.3, -0.25) is 4.79 Å². The molecule has 0 aromatic rings. The molecule has 0 aromatic carbocycles. The van der Waals surface area contributed by atoms with Gasteiger partial charge >= 0.3 is 0 Å². The zero-order valence-corrected chi connectivity index (χ0v) is 11.0. The molecule has 2 rings (SSSR count). The minimum atomic E-state index is 0.327. The smallest absolute Gasteiger partial charge is 0.226 e. The van der Waals surface area contributed by atoms with Crippen molar-refractivity contribution >= 4 is 5.91 Å². The Morgan fingerprint density at radius 1 is 1.31 bits per heavy atom. The van der Waals surface area contributed by atoms with E-state index in [1.165, 1.54) is 0 Å². The number of carbonyl (C=O) groups is 1. The molecule has 2 fully saturated rings. The van der Waals surface area contributed by atoms with Crippen LogP contribution in [0, 0.1) is 11.8 Å². The molecule has 1 saturated carbocycles. The third kappa shape index (κ3) is 2.97. The summed E-state index contributed by atoms with van der Waals surface area (Å²) in [6, 6.07) is 0.327. The van der Waals surface area contributed by atoms with Gasteiger partial charge in [0.05, 0.1) is 12.6 Å². The molecule has 1 amide bonds. The Labute approximate surface area is 99.1 Å². The molecule has 0 radical (unpaired) electrons. The van der Waals surface area contributed by atoms with Crippen molar-refractivity contribution in [3.8, 4) is 0 Å². The normalized spacial score (nSPS) is 28.6. The number of likely N-dealkylation sites (tertiary alicyclic amines) is 1. The molecule has 1 saturated heterocycles. The second-order valence-corrected chi connectivity index (χ2v) is 4.59. The van der Waals surface area contributed by atoms with Crippen molar-refractivity contribution in [3.05, 3.63) is 0 Å². The van der Waals surface area contributed by atoms with Crippen molar-refractivity contribution in [2.75, 3.05) is 20.3 Å². The average molecular weight is 227 g/mol. The van der Waals surface area contributed by atoms with Crippen LogP contribution in [0.4, 0.5) is 0 Å². The summed E-state index contributed by atoms with van der Waals surface area (Å²) in [6.07, 6.45) is 3.33. The maximum absolute atomic E-state index is 11.9. The van der Waals surface area contributed by atoms with Crippen molar-refractivity contribution in [2.24, 2.45) is 11.8 Å². The van der Waals surface area contributed by atoms with Crippen LogP contribution in [0.3, 0.4) is 0 Å². The fraction of sp³-hybridized carbons (Fsp3) is 0.923. The van der Waals surface area contributed by atoms with Gasteiger partial charge in [0, 0.05) is 19.6 Å². The second kappa shape index (κ2) is 6.24. The van der Waals surface area contributed by atoms with E-state index in [0.29, 0.717) is 30.4 Å². The molecule has 3 nitrogen and oxygen atoms in total. The summed E-state index contributed by atoms with van der Waals surface area (Å²) in [7, 11) is 1.71. The number of methoxy groups -OCH3 is 1. The summed E-state index contributed by atoms with van der Waals surface area (Å²) < 4.78 is 5.18. The number of amides is 1. The number of carbonyl (C=O) groups excluding carboxylic acids is 1. The van der Waals surface area contributed by atoms with Gasteiger partial charge in [-0.05, 0) is 25.2 Å². The lowest BCUT2D eigenvalue weighted by atomic mass is 10.0. The number of hydrogen-bond donors (Lipinski definition) is 0. The highest BCUT2D eigenvalue weighted by Gasteiger charge is 2.40. The van der Waals surface area contributed by atoms with Crippen LogP contribution >= 0.6 is 0 Å². The van der Waals surface area contributed by atoms with Gasteiger partial charge in [0.1, 0.15) is 0 Å². The van der Waals surface area contributed by atoms with Gasteiger partial charge in [-0.25, -0.2) is 0 Å². The molecule has 2 atom stereocenters. The molecule has 94 valence electrons. The van der Waals surface area contributed by atoms with E-state index in [1.807, 2.05) is 18.7 Å². The Morgan fingerprint density at radius 3 is 2.44 bits per heavy atom. The number of nitrogens with zero attached hydrogens (tertiary/aromatic N) is 1. The monoisotopic (exact) mass is 227 g/mol. The van der Waals surface area contributed by atoms with Gasteiger partial charge in [0.25, 0.3) is 0 Å². The highest BCUT2D eigenvalue weighted by Crippen LogP contribution is 2.35. The number of ether oxygens (including phenoxy) is 1. The van der Waals surface area contributed by atoms with Crippen molar-refractivity contribution in [1.82, 2.24) is 4.90 Å². The Kier molecular flexibility index (Phi) is 5.26. The summed E-state index contributed by atoms with van der Waals surface area (Å²) in [5.41, 5.74) is 0. The predicted octanol–water partition coefficient (Wildman–Crippen LogP) is 2.31. The molecule has 2 unspecified atom stereocenters. The first-order valence-corrected chi connectivity index (χ1v) is 6.53. The van der Waals surface area contributed by atoms with Crippen molar-refractivity contribution < 1.29 is 9.53 Å². The van der Waals surface area contributed by atoms with E-state index in [9.17, 15) is 4.79 Å². The maximum Gasteiger partial charge on any atom is 0.226 e. The summed E-state index contributed by atoms with van der Waals surface area (Å²) in [5.74, 6) is 1.31. The zero-order chi connectivity index (χ0) is 12.1. The van der Waals surface area contributed by atoms with E-state index in [0.717, 1.165) is 25.8 Å². The van der Waals surface area contributed by atoms with Gasteiger partial charge in [0.2, 0.25) is 5.91 Å². The van der Waals surface area contributed by atoms with E-state index in [-0.39, 0.29) is 0 Å². The molecule has 0 N–H and O–H groups in total. The van der Waals surface area contributed by atoms with E-state index in [4.69, 9.17) is 4.74 Å². The SMILES string of the molecule is CC.COCC1C(C)CCN1C(=O)C1CC1. The first kappa shape index (κ1) is 13.5. The molecule has 2 aliphatic rings. The molecule has 1 aliphatic carbocycles. The van der Waals surface area contributed by atoms with Crippen LogP contribution in [0.1, 0.15) is 40.0 Å². The highest BCUT2D eigenvalue weighted by molar-refractivity contribution is 5.81. The van der Waals surface area contributed by atoms with Gasteiger partial charge in [-0.1, -0.05) is 20.8 Å². The third-order valence-electron chi connectivity index (χ3n) is 3.43. The summed E-state index contributed by atoms with van der Waals surface area (Å²) in [6.45, 7) is 7.84. The standard InChI is InChI=1S/C11H19NO2.C2H6/c1-8-5-6-12(10(8)7-14-2)11(13)9-3-4-9;1-2/h8-10H,3-7H2,1-2H3;1-2H3. The topological polar surface area (TPSA) is 29.5 Å². The molecule has 1 aliphatic heterocycles. The lowest BCUT2D eigenvalue weighted by molar-refractivity contribution is -0.134. The molecule has 3 heteroatoms. The maximum atomic E-state index is 11.9. The summed E-state index contributed by atoms with van der Waals surface area (Å²) in [4.78, 5) is 14.0. The predicted molar refractivity (Wildman–Crippen MR) is 65.2 cm³/mol. The van der Waals surface area contributed by atoms with Crippen LogP contribution < -0.4 is 0 Å². The third-order valence-corrected chi connectivity index (χ3v) is 3.43. The first-order valence-electron chi connectivity index (χ1n) is 6.53. The Balaban J connectivity index is 0.000000606. The van der Waals surface area contributed by atoms with E-state index >= 15 is 0 Å². The fourth-order valence-electron chi connectivity index (χ4n) is 2.27. The number of rotatable bonds is 3. The average Bonchev–Trinajstić information content (AvgIpc) is 3.09. The zero-order valence-electron chi connectivity index (χ0n) is 11.0. The molecule has 16 heavy (non-hydrogen) atoms. The molecule has 0 aromatic heterocycles. The van der Waals surface area contributed by atoms with E-state index in [1.54, 1.807) is 7.11 Å². The Bertz CT molecular complexity index is 226. The van der Waals surface area contributed by atoms with Gasteiger partial charge < -0.3 is 9.64 Å². The van der Waals surface area contributed by atoms with Crippen LogP contribution in [0.5, 0.6) is 0 Å². The van der Waals surface area contributed by atoms with Crippen molar-refractivity contribution in [2.45, 2.75) is 46.1 Å². The first-order chi connectivity index (χ1) is 7.74. The lowest BCUT2D eigenvalue weighted by Gasteiger charge is -2.26. The minimum absolute atomic E-state index is 0.327. The van der Waals surface area contributed by atoms with Crippen LogP contribution in [0.25, 0.3) is 0 Å². The van der Waals surface area contributed by atoms with Gasteiger partial charge in [0.15, 0.2) is 0 Å². The van der Waals surface area contributed by atoms with Crippen LogP contribution in [-0.2, 0) is 9.53 Å². The summed E-state index contributed by atoms with van der Waals surface area (Å²) in [5, 5.41) is 0. The lowest BCUT2D eigenvalue weighted by Crippen LogP contribution is -2.41. The Morgan fingerprint density at radius 2 is 1.94 bits per heavy atom. The molecular formula is C13H25NO2. The van der Waals surface area contributed by atoms with Crippen molar-refractivity contribution in [1.29, 1.82) is 0 Å². The van der Waals surface area contributed by atoms with Crippen LogP contribution in [0.2, 0.25) is 0 Å². The fourth-order valence-corrected chi connectivity index (χ4v) is 2.27. The largest absolute Gasteiger partial charge is 0.383 e. The van der Waals surface area contributed by atoms with Crippen molar-refractivity contribution in [3.63, 3.8) is 0 Å². The molecule has 0 spiro atoms. The summed E-state index contributed by atoms with van der Waals surface area (Å²) >= 11 is 0. The quantitative estimate of drug-likeness (QED) is 0.740. The van der Waals surface area contributed by atoms with Crippen LogP contribution in [0.15, 0.2) is 0 Å². The van der Waals surface area contributed by atoms with E-state index in [2.05, 4.69) is 6.92 Å². The van der Waals surface area contributed by atoms with Gasteiger partial charge in [-0.2, -0.15) is 0 Å². The molecular weight excluding hydrogens is 202 g/mol. The number of hydrogen-bond acceptors (Lipinski definition) is 2. The second-order valence-electron chi connectivity index (χ2n) is 4.59. The van der Waals surface area contributed by atoms with Gasteiger partial charge in [-0.15, -0.1) is 0 Å². The molecule has 0 bridgehead atoms. The Hall–Kier alpha value is -0.570.